The molecule has 1 aromatic heterocycles. The van der Waals surface area contributed by atoms with Crippen LogP contribution in [0.4, 0.5) is 0 Å². The molecule has 0 bridgehead atoms. The Labute approximate surface area is 152 Å². The minimum Gasteiger partial charge on any atom is -0.478 e. The van der Waals surface area contributed by atoms with Crippen molar-refractivity contribution >= 4 is 5.96 Å². The van der Waals surface area contributed by atoms with E-state index in [4.69, 9.17) is 4.74 Å². The van der Waals surface area contributed by atoms with Crippen molar-refractivity contribution in [2.45, 2.75) is 46.2 Å². The largest absolute Gasteiger partial charge is 0.478 e. The zero-order valence-electron chi connectivity index (χ0n) is 16.2. The molecule has 6 heteroatoms. The van der Waals surface area contributed by atoms with Crippen molar-refractivity contribution in [1.82, 2.24) is 20.1 Å². The first-order valence-corrected chi connectivity index (χ1v) is 9.49. The Morgan fingerprint density at radius 2 is 2.16 bits per heavy atom. The smallest absolute Gasteiger partial charge is 0.213 e. The Morgan fingerprint density at radius 1 is 1.36 bits per heavy atom. The number of pyridine rings is 1. The van der Waals surface area contributed by atoms with E-state index in [1.807, 2.05) is 19.3 Å². The molecule has 1 N–H and O–H groups in total. The summed E-state index contributed by atoms with van der Waals surface area (Å²) in [5.41, 5.74) is 1.13. The Balaban J connectivity index is 1.84. The maximum atomic E-state index is 5.53. The lowest BCUT2D eigenvalue weighted by molar-refractivity contribution is 0.223. The molecule has 0 aliphatic carbocycles. The number of aromatic nitrogens is 1. The molecule has 25 heavy (non-hydrogen) atoms. The van der Waals surface area contributed by atoms with Crippen LogP contribution in [-0.2, 0) is 6.54 Å². The Morgan fingerprint density at radius 3 is 2.76 bits per heavy atom. The molecule has 0 saturated carbocycles. The van der Waals surface area contributed by atoms with Crippen molar-refractivity contribution < 1.29 is 4.74 Å². The van der Waals surface area contributed by atoms with Gasteiger partial charge in [-0.2, -0.15) is 0 Å². The van der Waals surface area contributed by atoms with E-state index in [9.17, 15) is 0 Å². The maximum Gasteiger partial charge on any atom is 0.213 e. The van der Waals surface area contributed by atoms with Gasteiger partial charge in [-0.05, 0) is 31.5 Å². The topological polar surface area (TPSA) is 53.0 Å². The monoisotopic (exact) mass is 347 g/mol. The minimum atomic E-state index is 0.630. The van der Waals surface area contributed by atoms with E-state index in [0.717, 1.165) is 50.7 Å². The van der Waals surface area contributed by atoms with Crippen LogP contribution in [0.5, 0.6) is 5.88 Å². The number of rotatable bonds is 8. The molecule has 1 atom stereocenters. The molecule has 1 fully saturated rings. The third kappa shape index (κ3) is 5.59. The van der Waals surface area contributed by atoms with Crippen molar-refractivity contribution in [3.63, 3.8) is 0 Å². The second-order valence-electron chi connectivity index (χ2n) is 6.36. The Hall–Kier alpha value is -1.82. The van der Waals surface area contributed by atoms with Gasteiger partial charge in [0.15, 0.2) is 5.96 Å². The summed E-state index contributed by atoms with van der Waals surface area (Å²) in [7, 11) is 1.85. The summed E-state index contributed by atoms with van der Waals surface area (Å²) in [5.74, 6) is 1.66. The van der Waals surface area contributed by atoms with Crippen LogP contribution in [0.1, 0.15) is 39.2 Å². The first-order valence-electron chi connectivity index (χ1n) is 9.49. The number of nitrogens with zero attached hydrogens (tertiary/aromatic N) is 4. The standard InChI is InChI=1S/C19H33N5O/c1-5-12-25-18-9-8-16(13-21-18)14-22-19(20-4)24-11-10-17(15-24)23(6-2)7-3/h8-9,13,17H,5-7,10-12,14-15H2,1-4H3,(H,20,22). The van der Waals surface area contributed by atoms with Crippen molar-refractivity contribution in [1.29, 1.82) is 0 Å². The molecule has 6 nitrogen and oxygen atoms in total. The van der Waals surface area contributed by atoms with Gasteiger partial charge in [0.25, 0.3) is 0 Å². The lowest BCUT2D eigenvalue weighted by atomic mass is 10.2. The minimum absolute atomic E-state index is 0.630. The van der Waals surface area contributed by atoms with E-state index < -0.39 is 0 Å². The average molecular weight is 348 g/mol. The number of nitrogens with one attached hydrogen (secondary N) is 1. The second kappa shape index (κ2) is 10.2. The summed E-state index contributed by atoms with van der Waals surface area (Å²) in [5, 5.41) is 3.46. The van der Waals surface area contributed by atoms with Gasteiger partial charge in [-0.15, -0.1) is 0 Å². The number of aliphatic imine (C=N–C) groups is 1. The van der Waals surface area contributed by atoms with E-state index in [1.165, 1.54) is 6.42 Å². The fraction of sp³-hybridized carbons (Fsp3) is 0.684. The predicted molar refractivity (Wildman–Crippen MR) is 103 cm³/mol. The van der Waals surface area contributed by atoms with Gasteiger partial charge in [0.2, 0.25) is 5.88 Å². The summed E-state index contributed by atoms with van der Waals surface area (Å²) in [4.78, 5) is 13.7. The third-order valence-electron chi connectivity index (χ3n) is 4.71. The van der Waals surface area contributed by atoms with Crippen molar-refractivity contribution in [2.24, 2.45) is 4.99 Å². The number of likely N-dealkylation sites (tertiary alicyclic amines) is 1. The molecule has 1 unspecified atom stereocenters. The lowest BCUT2D eigenvalue weighted by Crippen LogP contribution is -2.43. The van der Waals surface area contributed by atoms with Crippen molar-refractivity contribution in [3.8, 4) is 5.88 Å². The first-order chi connectivity index (χ1) is 12.2. The molecule has 0 amide bonds. The van der Waals surface area contributed by atoms with Crippen LogP contribution in [0.3, 0.4) is 0 Å². The molecule has 0 aromatic carbocycles. The van der Waals surface area contributed by atoms with Crippen LogP contribution in [0.2, 0.25) is 0 Å². The van der Waals surface area contributed by atoms with Crippen LogP contribution >= 0.6 is 0 Å². The fourth-order valence-corrected chi connectivity index (χ4v) is 3.29. The van der Waals surface area contributed by atoms with Gasteiger partial charge in [-0.25, -0.2) is 4.98 Å². The van der Waals surface area contributed by atoms with Crippen molar-refractivity contribution in [2.75, 3.05) is 39.8 Å². The number of ether oxygens (including phenoxy) is 1. The molecule has 2 rings (SSSR count). The highest BCUT2D eigenvalue weighted by atomic mass is 16.5. The van der Waals surface area contributed by atoms with Gasteiger partial charge in [-0.3, -0.25) is 9.89 Å². The van der Waals surface area contributed by atoms with E-state index >= 15 is 0 Å². The normalized spacial score (nSPS) is 18.0. The van der Waals surface area contributed by atoms with E-state index in [1.54, 1.807) is 0 Å². The van der Waals surface area contributed by atoms with Crippen LogP contribution in [0, 0.1) is 0 Å². The van der Waals surface area contributed by atoms with Crippen LogP contribution in [-0.4, -0.2) is 66.6 Å². The molecule has 1 aliphatic rings. The molecule has 1 aromatic rings. The van der Waals surface area contributed by atoms with Gasteiger partial charge < -0.3 is 15.0 Å². The van der Waals surface area contributed by atoms with E-state index in [-0.39, 0.29) is 0 Å². The number of guanidine groups is 1. The lowest BCUT2D eigenvalue weighted by Gasteiger charge is -2.27. The predicted octanol–water partition coefficient (Wildman–Crippen LogP) is 2.36. The van der Waals surface area contributed by atoms with Gasteiger partial charge in [-0.1, -0.05) is 26.8 Å². The highest BCUT2D eigenvalue weighted by Gasteiger charge is 2.27. The van der Waals surface area contributed by atoms with Gasteiger partial charge >= 0.3 is 0 Å². The van der Waals surface area contributed by atoms with Gasteiger partial charge in [0, 0.05) is 45.0 Å². The Bertz CT molecular complexity index is 527. The van der Waals surface area contributed by atoms with Crippen LogP contribution in [0.25, 0.3) is 0 Å². The zero-order valence-corrected chi connectivity index (χ0v) is 16.2. The molecule has 140 valence electrons. The highest BCUT2D eigenvalue weighted by molar-refractivity contribution is 5.80. The number of hydrogen-bond donors (Lipinski definition) is 1. The number of likely N-dealkylation sites (N-methyl/N-ethyl adjacent to an activating group) is 1. The summed E-state index contributed by atoms with van der Waals surface area (Å²) >= 11 is 0. The maximum absolute atomic E-state index is 5.53. The van der Waals surface area contributed by atoms with E-state index in [2.05, 4.69) is 51.9 Å². The molecule has 2 heterocycles. The zero-order chi connectivity index (χ0) is 18.1. The molecular weight excluding hydrogens is 314 g/mol. The molecule has 0 radical (unpaired) electrons. The summed E-state index contributed by atoms with van der Waals surface area (Å²) in [6.07, 6.45) is 4.06. The average Bonchev–Trinajstić information content (AvgIpc) is 3.12. The number of hydrogen-bond acceptors (Lipinski definition) is 4. The summed E-state index contributed by atoms with van der Waals surface area (Å²) in [6.45, 7) is 12.3. The fourth-order valence-electron chi connectivity index (χ4n) is 3.29. The molecule has 1 aliphatic heterocycles. The molecule has 0 spiro atoms. The van der Waals surface area contributed by atoms with Gasteiger partial charge in [0.05, 0.1) is 6.61 Å². The quantitative estimate of drug-likeness (QED) is 0.578. The summed E-state index contributed by atoms with van der Waals surface area (Å²) < 4.78 is 5.53. The second-order valence-corrected chi connectivity index (χ2v) is 6.36. The van der Waals surface area contributed by atoms with Crippen molar-refractivity contribution in [3.05, 3.63) is 23.9 Å². The van der Waals surface area contributed by atoms with E-state index in [0.29, 0.717) is 18.5 Å². The van der Waals surface area contributed by atoms with Crippen LogP contribution in [0.15, 0.2) is 23.3 Å². The summed E-state index contributed by atoms with van der Waals surface area (Å²) in [6, 6.07) is 4.62. The Kier molecular flexibility index (Phi) is 7.98. The first kappa shape index (κ1) is 19.5. The third-order valence-corrected chi connectivity index (χ3v) is 4.71. The highest BCUT2D eigenvalue weighted by Crippen LogP contribution is 2.15. The molecular formula is C19H33N5O. The molecule has 1 saturated heterocycles. The van der Waals surface area contributed by atoms with Crippen LogP contribution < -0.4 is 10.1 Å². The van der Waals surface area contributed by atoms with Gasteiger partial charge in [0.1, 0.15) is 0 Å². The SMILES string of the molecule is CCCOc1ccc(CNC(=NC)N2CCC(N(CC)CC)C2)cn1.